The van der Waals surface area contributed by atoms with Gasteiger partial charge in [-0.15, -0.1) is 0 Å². The van der Waals surface area contributed by atoms with Gasteiger partial charge in [0, 0.05) is 0 Å². The summed E-state index contributed by atoms with van der Waals surface area (Å²) < 4.78 is 29.2. The first kappa shape index (κ1) is 11.2. The first-order chi connectivity index (χ1) is 6.61. The van der Waals surface area contributed by atoms with E-state index in [2.05, 4.69) is 5.32 Å². The first-order valence-electron chi connectivity index (χ1n) is 4.34. The zero-order valence-electron chi connectivity index (χ0n) is 7.68. The molecule has 0 bridgehead atoms. The van der Waals surface area contributed by atoms with Crippen LogP contribution in [0, 0.1) is 0 Å². The van der Waals surface area contributed by atoms with Gasteiger partial charge in [0.1, 0.15) is 0 Å². The Labute approximate surface area is 83.7 Å². The van der Waals surface area contributed by atoms with Gasteiger partial charge in [-0.3, -0.25) is 4.55 Å². The highest BCUT2D eigenvalue weighted by Gasteiger charge is 2.05. The van der Waals surface area contributed by atoms with Gasteiger partial charge in [-0.25, -0.2) is 0 Å². The second-order valence-electron chi connectivity index (χ2n) is 2.89. The van der Waals surface area contributed by atoms with Crippen LogP contribution in [0.25, 0.3) is 0 Å². The Balaban J connectivity index is 0.000000203. The van der Waals surface area contributed by atoms with Crippen molar-refractivity contribution in [2.45, 2.75) is 11.3 Å². The molecule has 2 N–H and O–H groups in total. The topological polar surface area (TPSA) is 66.4 Å². The second-order valence-corrected chi connectivity index (χ2v) is 4.31. The Morgan fingerprint density at radius 3 is 1.79 bits per heavy atom. The van der Waals surface area contributed by atoms with E-state index in [1.165, 1.54) is 31.6 Å². The summed E-state index contributed by atoms with van der Waals surface area (Å²) in [4.78, 5) is -0.0741. The van der Waals surface area contributed by atoms with Gasteiger partial charge >= 0.3 is 0 Å². The fourth-order valence-electron chi connectivity index (χ4n) is 0.769. The Hall–Kier alpha value is -0.910. The molecule has 0 unspecified atom stereocenters. The maximum Gasteiger partial charge on any atom is 0.294 e. The van der Waals surface area contributed by atoms with Crippen molar-refractivity contribution in [3.63, 3.8) is 0 Å². The molecule has 78 valence electrons. The molecule has 1 aromatic rings. The molecule has 0 spiro atoms. The fourth-order valence-corrected chi connectivity index (χ4v) is 1.27. The number of hydrogen-bond acceptors (Lipinski definition) is 3. The van der Waals surface area contributed by atoms with E-state index < -0.39 is 10.1 Å². The van der Waals surface area contributed by atoms with E-state index in [-0.39, 0.29) is 4.90 Å². The molecule has 4 nitrogen and oxygen atoms in total. The molecule has 1 aromatic carbocycles. The Bertz CT molecular complexity index is 353. The molecule has 0 radical (unpaired) electrons. The van der Waals surface area contributed by atoms with Gasteiger partial charge in [0.05, 0.1) is 4.90 Å². The molecule has 1 aliphatic rings. The average Bonchev–Trinajstić information content (AvgIpc) is 2.01. The lowest BCUT2D eigenvalue weighted by Crippen LogP contribution is -2.29. The lowest BCUT2D eigenvalue weighted by Gasteiger charge is -2.09. The minimum absolute atomic E-state index is 0.0741. The average molecular weight is 215 g/mol. The van der Waals surface area contributed by atoms with Crippen molar-refractivity contribution < 1.29 is 13.0 Å². The van der Waals surface area contributed by atoms with E-state index in [0.717, 1.165) is 0 Å². The number of rotatable bonds is 1. The molecule has 0 amide bonds. The molecule has 0 aliphatic carbocycles. The molecule has 14 heavy (non-hydrogen) atoms. The van der Waals surface area contributed by atoms with E-state index >= 15 is 0 Å². The van der Waals surface area contributed by atoms with Crippen LogP contribution in [0.5, 0.6) is 0 Å². The number of benzene rings is 1. The van der Waals surface area contributed by atoms with Crippen molar-refractivity contribution in [1.29, 1.82) is 0 Å². The molecule has 1 saturated heterocycles. The minimum Gasteiger partial charge on any atom is -0.317 e. The van der Waals surface area contributed by atoms with Crippen molar-refractivity contribution >= 4 is 10.1 Å². The van der Waals surface area contributed by atoms with Gasteiger partial charge in [-0.1, -0.05) is 18.2 Å². The third-order valence-corrected chi connectivity index (χ3v) is 2.62. The summed E-state index contributed by atoms with van der Waals surface area (Å²) in [6, 6.07) is 7.42. The van der Waals surface area contributed by atoms with E-state index in [9.17, 15) is 8.42 Å². The van der Waals surface area contributed by atoms with Crippen LogP contribution in [0.15, 0.2) is 35.2 Å². The molecule has 5 heteroatoms. The van der Waals surface area contributed by atoms with Crippen LogP contribution in [0.4, 0.5) is 0 Å². The molecule has 0 saturated carbocycles. The SMILES string of the molecule is C1CNC1.O=S(=O)(O)c1ccccc1. The van der Waals surface area contributed by atoms with E-state index in [0.29, 0.717) is 0 Å². The predicted octanol–water partition coefficient (Wildman–Crippen LogP) is 0.913. The smallest absolute Gasteiger partial charge is 0.294 e. The molecule has 0 aromatic heterocycles. The van der Waals surface area contributed by atoms with Crippen molar-refractivity contribution in [1.82, 2.24) is 5.32 Å². The van der Waals surface area contributed by atoms with E-state index in [1.54, 1.807) is 18.2 Å². The third kappa shape index (κ3) is 3.87. The number of hydrogen-bond donors (Lipinski definition) is 2. The lowest BCUT2D eigenvalue weighted by atomic mass is 10.3. The molecule has 0 atom stereocenters. The van der Waals surface area contributed by atoms with Gasteiger partial charge in [0.15, 0.2) is 0 Å². The van der Waals surface area contributed by atoms with E-state index in [1.807, 2.05) is 0 Å². The van der Waals surface area contributed by atoms with Gasteiger partial charge in [-0.2, -0.15) is 8.42 Å². The van der Waals surface area contributed by atoms with Crippen LogP contribution in [0.1, 0.15) is 6.42 Å². The summed E-state index contributed by atoms with van der Waals surface area (Å²) in [7, 11) is -4.00. The highest BCUT2D eigenvalue weighted by Crippen LogP contribution is 2.05. The van der Waals surface area contributed by atoms with Crippen molar-refractivity contribution in [2.75, 3.05) is 13.1 Å². The zero-order chi connectivity index (χ0) is 10.4. The molecule has 1 fully saturated rings. The fraction of sp³-hybridized carbons (Fsp3) is 0.333. The van der Waals surface area contributed by atoms with Gasteiger partial charge in [-0.05, 0) is 31.6 Å². The van der Waals surface area contributed by atoms with Crippen LogP contribution in [-0.2, 0) is 10.1 Å². The first-order valence-corrected chi connectivity index (χ1v) is 5.78. The summed E-state index contributed by atoms with van der Waals surface area (Å²) in [5, 5.41) is 3.11. The highest BCUT2D eigenvalue weighted by molar-refractivity contribution is 7.85. The lowest BCUT2D eigenvalue weighted by molar-refractivity contribution is 0.483. The van der Waals surface area contributed by atoms with Crippen LogP contribution >= 0.6 is 0 Å². The summed E-state index contributed by atoms with van der Waals surface area (Å²) in [6.07, 6.45) is 1.39. The second kappa shape index (κ2) is 5.09. The number of nitrogens with one attached hydrogen (secondary N) is 1. The molecular formula is C9H13NO3S. The van der Waals surface area contributed by atoms with Crippen LogP contribution in [-0.4, -0.2) is 26.1 Å². The van der Waals surface area contributed by atoms with Crippen LogP contribution in [0.3, 0.4) is 0 Å². The summed E-state index contributed by atoms with van der Waals surface area (Å²) in [6.45, 7) is 2.50. The van der Waals surface area contributed by atoms with Crippen molar-refractivity contribution in [3.05, 3.63) is 30.3 Å². The van der Waals surface area contributed by atoms with E-state index in [4.69, 9.17) is 4.55 Å². The van der Waals surface area contributed by atoms with Crippen molar-refractivity contribution in [2.24, 2.45) is 0 Å². The largest absolute Gasteiger partial charge is 0.317 e. The Kier molecular flexibility index (Phi) is 4.06. The highest BCUT2D eigenvalue weighted by atomic mass is 32.2. The third-order valence-electron chi connectivity index (χ3n) is 1.75. The Morgan fingerprint density at radius 2 is 1.57 bits per heavy atom. The molecule has 1 heterocycles. The standard InChI is InChI=1S/C6H6O3S.C3H7N/c7-10(8,9)6-4-2-1-3-5-6;1-2-4-3-1/h1-5H,(H,7,8,9);4H,1-3H2. The van der Waals surface area contributed by atoms with Gasteiger partial charge in [0.2, 0.25) is 0 Å². The predicted molar refractivity (Wildman–Crippen MR) is 53.7 cm³/mol. The quantitative estimate of drug-likeness (QED) is 0.683. The van der Waals surface area contributed by atoms with Crippen LogP contribution < -0.4 is 5.32 Å². The van der Waals surface area contributed by atoms with Gasteiger partial charge < -0.3 is 5.32 Å². The Morgan fingerprint density at radius 1 is 1.14 bits per heavy atom. The van der Waals surface area contributed by atoms with Crippen LogP contribution in [0.2, 0.25) is 0 Å². The molecular weight excluding hydrogens is 202 g/mol. The monoisotopic (exact) mass is 215 g/mol. The normalized spacial score (nSPS) is 14.9. The van der Waals surface area contributed by atoms with Gasteiger partial charge in [0.25, 0.3) is 10.1 Å². The minimum atomic E-state index is -4.00. The zero-order valence-corrected chi connectivity index (χ0v) is 8.50. The maximum absolute atomic E-state index is 10.4. The summed E-state index contributed by atoms with van der Waals surface area (Å²) >= 11 is 0. The van der Waals surface area contributed by atoms with Crippen molar-refractivity contribution in [3.8, 4) is 0 Å². The molecule has 2 rings (SSSR count). The maximum atomic E-state index is 10.4. The summed E-state index contributed by atoms with van der Waals surface area (Å²) in [5.74, 6) is 0. The summed E-state index contributed by atoms with van der Waals surface area (Å²) in [5.41, 5.74) is 0. The molecule has 1 aliphatic heterocycles.